The number of non-ortho nitro benzene ring substituents is 1. The van der Waals surface area contributed by atoms with Crippen LogP contribution in [0.25, 0.3) is 6.08 Å². The Balaban J connectivity index is 1.76. The molecule has 0 saturated carbocycles. The summed E-state index contributed by atoms with van der Waals surface area (Å²) >= 11 is 0. The molecule has 2 heterocycles. The van der Waals surface area contributed by atoms with Crippen molar-refractivity contribution in [2.75, 3.05) is 13.1 Å². The first-order valence-electron chi connectivity index (χ1n) is 9.91. The van der Waals surface area contributed by atoms with Gasteiger partial charge in [0.15, 0.2) is 5.78 Å². The van der Waals surface area contributed by atoms with Crippen LogP contribution in [-0.4, -0.2) is 41.5 Å². The van der Waals surface area contributed by atoms with Crippen LogP contribution in [0, 0.1) is 15.9 Å². The van der Waals surface area contributed by atoms with Crippen molar-refractivity contribution in [2.24, 2.45) is 0 Å². The van der Waals surface area contributed by atoms with Crippen molar-refractivity contribution in [2.45, 2.75) is 10.8 Å². The highest BCUT2D eigenvalue weighted by atomic mass is 32.2. The summed E-state index contributed by atoms with van der Waals surface area (Å²) in [6.07, 6.45) is 4.38. The fourth-order valence-electron chi connectivity index (χ4n) is 3.66. The zero-order valence-corrected chi connectivity index (χ0v) is 18.0. The SMILES string of the molecule is O=C1C(=Cc2ccccc2F)CN(S(=O)(=O)c2ccc([N+](=O)[O-])cc2)CC1c1ccncc1. The number of carbonyl (C=O) groups is 1. The molecule has 1 unspecified atom stereocenters. The summed E-state index contributed by atoms with van der Waals surface area (Å²) in [6, 6.07) is 13.7. The molecule has 8 nitrogen and oxygen atoms in total. The van der Waals surface area contributed by atoms with Gasteiger partial charge in [0.05, 0.1) is 15.7 Å². The average Bonchev–Trinajstić information content (AvgIpc) is 2.82. The summed E-state index contributed by atoms with van der Waals surface area (Å²) in [5, 5.41) is 10.9. The van der Waals surface area contributed by atoms with E-state index < -0.39 is 26.7 Å². The second kappa shape index (κ2) is 9.00. The predicted octanol–water partition coefficient (Wildman–Crippen LogP) is 3.57. The molecule has 0 aliphatic carbocycles. The zero-order valence-electron chi connectivity index (χ0n) is 17.2. The van der Waals surface area contributed by atoms with Gasteiger partial charge in [-0.3, -0.25) is 19.9 Å². The van der Waals surface area contributed by atoms with E-state index in [0.29, 0.717) is 5.56 Å². The number of nitro groups is 1. The normalized spacial score (nSPS) is 18.4. The minimum Gasteiger partial charge on any atom is -0.294 e. The van der Waals surface area contributed by atoms with Gasteiger partial charge in [-0.05, 0) is 42.0 Å². The molecule has 3 aromatic rings. The van der Waals surface area contributed by atoms with Crippen LogP contribution in [0.2, 0.25) is 0 Å². The summed E-state index contributed by atoms with van der Waals surface area (Å²) in [5.41, 5.74) is 0.651. The van der Waals surface area contributed by atoms with E-state index in [1.165, 1.54) is 36.7 Å². The first-order chi connectivity index (χ1) is 15.8. The Hall–Kier alpha value is -3.76. The van der Waals surface area contributed by atoms with E-state index in [9.17, 15) is 27.7 Å². The molecule has 0 radical (unpaired) electrons. The molecule has 2 aromatic carbocycles. The molecular formula is C23H18FN3O5S. The van der Waals surface area contributed by atoms with E-state index in [2.05, 4.69) is 4.98 Å². The highest BCUT2D eigenvalue weighted by molar-refractivity contribution is 7.89. The molecule has 1 aliphatic heterocycles. The Kier molecular flexibility index (Phi) is 6.12. The maximum absolute atomic E-state index is 14.2. The summed E-state index contributed by atoms with van der Waals surface area (Å²) in [6.45, 7) is -0.384. The molecule has 0 bridgehead atoms. The number of nitro benzene ring substituents is 1. The standard InChI is InChI=1S/C23H18FN3O5S/c24-22-4-2-1-3-17(22)13-18-14-26(15-21(23(18)28)16-9-11-25-12-10-16)33(31,32)20-7-5-19(6-8-20)27(29)30/h1-13,21H,14-15H2. The minimum atomic E-state index is -4.10. The lowest BCUT2D eigenvalue weighted by atomic mass is 9.87. The van der Waals surface area contributed by atoms with Crippen LogP contribution in [0.15, 0.2) is 83.5 Å². The van der Waals surface area contributed by atoms with Crippen LogP contribution in [0.5, 0.6) is 0 Å². The van der Waals surface area contributed by atoms with Gasteiger partial charge in [0.25, 0.3) is 5.69 Å². The molecular weight excluding hydrogens is 449 g/mol. The van der Waals surface area contributed by atoms with Crippen molar-refractivity contribution in [3.05, 3.63) is 106 Å². The molecule has 1 aliphatic rings. The first kappa shape index (κ1) is 22.4. The van der Waals surface area contributed by atoms with E-state index in [0.717, 1.165) is 28.6 Å². The Morgan fingerprint density at radius 3 is 2.36 bits per heavy atom. The quantitative estimate of drug-likeness (QED) is 0.322. The lowest BCUT2D eigenvalue weighted by Crippen LogP contribution is -2.44. The molecule has 10 heteroatoms. The molecule has 0 amide bonds. The van der Waals surface area contributed by atoms with Crippen LogP contribution >= 0.6 is 0 Å². The third-order valence-corrected chi connectivity index (χ3v) is 7.22. The molecule has 1 aromatic heterocycles. The van der Waals surface area contributed by atoms with Crippen LogP contribution < -0.4 is 0 Å². The number of hydrogen-bond donors (Lipinski definition) is 0. The van der Waals surface area contributed by atoms with Crippen molar-refractivity contribution in [3.63, 3.8) is 0 Å². The number of nitrogens with zero attached hydrogens (tertiary/aromatic N) is 3. The van der Waals surface area contributed by atoms with Crippen LogP contribution in [0.3, 0.4) is 0 Å². The number of piperidine rings is 1. The molecule has 0 spiro atoms. The Morgan fingerprint density at radius 2 is 1.73 bits per heavy atom. The minimum absolute atomic E-state index is 0.128. The van der Waals surface area contributed by atoms with Crippen molar-refractivity contribution in [1.29, 1.82) is 0 Å². The van der Waals surface area contributed by atoms with Gasteiger partial charge in [-0.2, -0.15) is 4.31 Å². The Labute approximate surface area is 189 Å². The molecule has 1 fully saturated rings. The molecule has 0 N–H and O–H groups in total. The van der Waals surface area contributed by atoms with E-state index in [-0.39, 0.29) is 40.6 Å². The van der Waals surface area contributed by atoms with Gasteiger partial charge < -0.3 is 0 Å². The fourth-order valence-corrected chi connectivity index (χ4v) is 5.10. The number of benzene rings is 2. The highest BCUT2D eigenvalue weighted by Gasteiger charge is 2.38. The third kappa shape index (κ3) is 4.57. The number of rotatable bonds is 5. The van der Waals surface area contributed by atoms with Crippen molar-refractivity contribution in [3.8, 4) is 0 Å². The second-order valence-corrected chi connectivity index (χ2v) is 9.37. The molecule has 4 rings (SSSR count). The number of ketones is 1. The van der Waals surface area contributed by atoms with Crippen LogP contribution in [0.4, 0.5) is 10.1 Å². The van der Waals surface area contributed by atoms with Gasteiger partial charge in [0.2, 0.25) is 10.0 Å². The van der Waals surface area contributed by atoms with Gasteiger partial charge in [-0.1, -0.05) is 18.2 Å². The van der Waals surface area contributed by atoms with Crippen molar-refractivity contribution < 1.29 is 22.5 Å². The molecule has 1 atom stereocenters. The zero-order chi connectivity index (χ0) is 23.6. The fraction of sp³-hybridized carbons (Fsp3) is 0.130. The third-order valence-electron chi connectivity index (χ3n) is 5.39. The van der Waals surface area contributed by atoms with Crippen LogP contribution in [-0.2, 0) is 14.8 Å². The number of pyridine rings is 1. The Bertz CT molecular complexity index is 1340. The van der Waals surface area contributed by atoms with E-state index in [4.69, 9.17) is 0 Å². The number of sulfonamides is 1. The lowest BCUT2D eigenvalue weighted by Gasteiger charge is -2.33. The maximum atomic E-state index is 14.2. The van der Waals surface area contributed by atoms with Crippen LogP contribution in [0.1, 0.15) is 17.0 Å². The summed E-state index contributed by atoms with van der Waals surface area (Å²) < 4.78 is 42.1. The summed E-state index contributed by atoms with van der Waals surface area (Å²) in [5.74, 6) is -1.65. The topological polar surface area (TPSA) is 110 Å². The van der Waals surface area contributed by atoms with E-state index >= 15 is 0 Å². The number of halogens is 1. The van der Waals surface area contributed by atoms with Gasteiger partial charge in [-0.15, -0.1) is 0 Å². The summed E-state index contributed by atoms with van der Waals surface area (Å²) in [7, 11) is -4.10. The van der Waals surface area contributed by atoms with Crippen molar-refractivity contribution in [1.82, 2.24) is 9.29 Å². The van der Waals surface area contributed by atoms with Crippen molar-refractivity contribution >= 4 is 27.6 Å². The van der Waals surface area contributed by atoms with E-state index in [1.807, 2.05) is 0 Å². The number of hydrogen-bond acceptors (Lipinski definition) is 6. The second-order valence-electron chi connectivity index (χ2n) is 7.44. The first-order valence-corrected chi connectivity index (χ1v) is 11.4. The Morgan fingerprint density at radius 1 is 1.06 bits per heavy atom. The average molecular weight is 467 g/mol. The number of aromatic nitrogens is 1. The number of Topliss-reactive ketones (excluding diaryl/α,β-unsaturated/α-hetero) is 1. The molecule has 1 saturated heterocycles. The molecule has 33 heavy (non-hydrogen) atoms. The smallest absolute Gasteiger partial charge is 0.269 e. The maximum Gasteiger partial charge on any atom is 0.269 e. The lowest BCUT2D eigenvalue weighted by molar-refractivity contribution is -0.384. The highest BCUT2D eigenvalue weighted by Crippen LogP contribution is 2.32. The van der Waals surface area contributed by atoms with Gasteiger partial charge >= 0.3 is 0 Å². The van der Waals surface area contributed by atoms with Gasteiger partial charge in [0, 0.05) is 48.8 Å². The summed E-state index contributed by atoms with van der Waals surface area (Å²) in [4.78, 5) is 27.4. The van der Waals surface area contributed by atoms with Gasteiger partial charge in [0.1, 0.15) is 5.82 Å². The number of carbonyl (C=O) groups excluding carboxylic acids is 1. The van der Waals surface area contributed by atoms with E-state index in [1.54, 1.807) is 18.2 Å². The molecule has 168 valence electrons. The largest absolute Gasteiger partial charge is 0.294 e. The van der Waals surface area contributed by atoms with Gasteiger partial charge in [-0.25, -0.2) is 12.8 Å². The predicted molar refractivity (Wildman–Crippen MR) is 118 cm³/mol. The monoisotopic (exact) mass is 467 g/mol.